The Bertz CT molecular complexity index is 34.1. The highest BCUT2D eigenvalue weighted by Gasteiger charge is 1.83. The summed E-state index contributed by atoms with van der Waals surface area (Å²) < 4.78 is 1.29. The van der Waals surface area contributed by atoms with Crippen molar-refractivity contribution in [2.75, 3.05) is 17.0 Å². The van der Waals surface area contributed by atoms with Crippen molar-refractivity contribution in [1.82, 2.24) is 0 Å². The number of rotatable bonds is 4. The summed E-state index contributed by atoms with van der Waals surface area (Å²) in [6.07, 6.45) is 1.23. The molecule has 0 heterocycles. The monoisotopic (exact) mass is 229 g/mol. The number of nitrogens with two attached hydrogens (primary N) is 1. The Labute approximate surface area is 60.9 Å². The zero-order valence-corrected chi connectivity index (χ0v) is 7.44. The van der Waals surface area contributed by atoms with E-state index in [9.17, 15) is 0 Å². The van der Waals surface area contributed by atoms with E-state index in [-0.39, 0.29) is 0 Å². The average molecular weight is 229 g/mol. The summed E-state index contributed by atoms with van der Waals surface area (Å²) in [6, 6.07) is 0. The maximum Gasteiger partial charge on any atom is 0.159 e. The third-order valence-corrected chi connectivity index (χ3v) is 3.40. The van der Waals surface area contributed by atoms with Crippen molar-refractivity contribution in [3.8, 4) is 0 Å². The highest BCUT2D eigenvalue weighted by Crippen LogP contribution is 2.04. The minimum absolute atomic E-state index is 0.870. The topological polar surface area (TPSA) is 26.0 Å². The number of hydrogen-bond acceptors (Lipinski definition) is 1. The first-order chi connectivity index (χ1) is 3.41. The van der Waals surface area contributed by atoms with E-state index in [0.29, 0.717) is 0 Å². The minimum Gasteiger partial charge on any atom is -0.330 e. The molecule has 0 saturated carbocycles. The van der Waals surface area contributed by atoms with E-state index < -0.39 is 0 Å². The molecular formula is C3H10BINP. The predicted molar refractivity (Wildman–Crippen MR) is 48.3 cm³/mol. The van der Waals surface area contributed by atoms with Crippen molar-refractivity contribution < 1.29 is 0 Å². The van der Waals surface area contributed by atoms with Crippen LogP contribution in [0.5, 0.6) is 0 Å². The van der Waals surface area contributed by atoms with Crippen LogP contribution in [0.2, 0.25) is 0 Å². The summed E-state index contributed by atoms with van der Waals surface area (Å²) in [6.45, 7) is 2.23. The average Bonchev–Trinajstić information content (AvgIpc) is 1.69. The molecule has 0 spiro atoms. The van der Waals surface area contributed by atoms with E-state index in [1.807, 2.05) is 0 Å². The SMILES string of the molecule is NCCPBCI. The molecule has 0 amide bonds. The van der Waals surface area contributed by atoms with Gasteiger partial charge < -0.3 is 5.73 Å². The van der Waals surface area contributed by atoms with Gasteiger partial charge in [-0.05, 0) is 17.0 Å². The van der Waals surface area contributed by atoms with Gasteiger partial charge in [-0.25, -0.2) is 0 Å². The number of alkyl halides is 1. The van der Waals surface area contributed by atoms with Crippen LogP contribution in [0, 0.1) is 0 Å². The second-order valence-electron chi connectivity index (χ2n) is 1.23. The fraction of sp³-hybridized carbons (Fsp3) is 1.00. The van der Waals surface area contributed by atoms with Gasteiger partial charge in [-0.3, -0.25) is 0 Å². The highest BCUT2D eigenvalue weighted by molar-refractivity contribution is 14.1. The Morgan fingerprint density at radius 3 is 2.86 bits per heavy atom. The maximum atomic E-state index is 5.27. The van der Waals surface area contributed by atoms with Gasteiger partial charge in [0.15, 0.2) is 7.00 Å². The van der Waals surface area contributed by atoms with Gasteiger partial charge in [-0.15, -0.1) is 0 Å². The van der Waals surface area contributed by atoms with Crippen molar-refractivity contribution in [2.45, 2.75) is 0 Å². The summed E-state index contributed by atoms with van der Waals surface area (Å²) >= 11 is 2.39. The Balaban J connectivity index is 2.45. The first-order valence-electron chi connectivity index (χ1n) is 2.38. The molecule has 0 aliphatic heterocycles. The van der Waals surface area contributed by atoms with Crippen molar-refractivity contribution in [2.24, 2.45) is 5.73 Å². The van der Waals surface area contributed by atoms with Crippen molar-refractivity contribution in [3.05, 3.63) is 0 Å². The first-order valence-corrected chi connectivity index (χ1v) is 5.32. The lowest BCUT2D eigenvalue weighted by molar-refractivity contribution is 1.15. The van der Waals surface area contributed by atoms with Gasteiger partial charge in [-0.1, -0.05) is 22.6 Å². The Morgan fingerprint density at radius 2 is 2.43 bits per heavy atom. The molecule has 2 N–H and O–H groups in total. The van der Waals surface area contributed by atoms with E-state index in [1.54, 1.807) is 0 Å². The smallest absolute Gasteiger partial charge is 0.159 e. The molecule has 0 saturated heterocycles. The van der Waals surface area contributed by atoms with Gasteiger partial charge in [0, 0.05) is 0 Å². The molecule has 0 rings (SSSR count). The lowest BCUT2D eigenvalue weighted by atomic mass is 10.2. The van der Waals surface area contributed by atoms with Crippen molar-refractivity contribution >= 4 is 38.0 Å². The zero-order valence-electron chi connectivity index (χ0n) is 4.28. The second-order valence-corrected chi connectivity index (χ2v) is 3.81. The van der Waals surface area contributed by atoms with Crippen molar-refractivity contribution in [3.63, 3.8) is 0 Å². The fourth-order valence-corrected chi connectivity index (χ4v) is 2.03. The molecule has 1 atom stereocenters. The van der Waals surface area contributed by atoms with Crippen LogP contribution in [0.1, 0.15) is 0 Å². The van der Waals surface area contributed by atoms with Crippen LogP contribution in [-0.2, 0) is 0 Å². The molecule has 7 heavy (non-hydrogen) atoms. The molecular weight excluding hydrogens is 219 g/mol. The van der Waals surface area contributed by atoms with E-state index in [2.05, 4.69) is 22.6 Å². The van der Waals surface area contributed by atoms with Crippen LogP contribution in [0.3, 0.4) is 0 Å². The quantitative estimate of drug-likeness (QED) is 0.243. The standard InChI is InChI=1S/C3H10BINP/c5-3-4-7-2-1-6/h4,7H,1-3,6H2. The van der Waals surface area contributed by atoms with Gasteiger partial charge in [0.05, 0.1) is 0 Å². The summed E-state index contributed by atoms with van der Waals surface area (Å²) in [4.78, 5) is 0. The number of halogens is 1. The van der Waals surface area contributed by atoms with Crippen LogP contribution in [-0.4, -0.2) is 24.0 Å². The molecule has 0 fully saturated rings. The lowest BCUT2D eigenvalue weighted by Gasteiger charge is -1.89. The summed E-state index contributed by atoms with van der Waals surface area (Å²) in [5, 5.41) is 0. The van der Waals surface area contributed by atoms with Crippen LogP contribution in [0.25, 0.3) is 0 Å². The van der Waals surface area contributed by atoms with E-state index >= 15 is 0 Å². The lowest BCUT2D eigenvalue weighted by Crippen LogP contribution is -2.01. The summed E-state index contributed by atoms with van der Waals surface area (Å²) in [7, 11) is 1.10. The highest BCUT2D eigenvalue weighted by atomic mass is 127. The van der Waals surface area contributed by atoms with Crippen LogP contribution < -0.4 is 5.73 Å². The molecule has 0 aromatic rings. The van der Waals surface area contributed by atoms with Crippen LogP contribution in [0.4, 0.5) is 0 Å². The molecule has 0 radical (unpaired) electrons. The maximum absolute atomic E-state index is 5.27. The van der Waals surface area contributed by atoms with E-state index in [4.69, 9.17) is 5.73 Å². The molecule has 1 nitrogen and oxygen atoms in total. The largest absolute Gasteiger partial charge is 0.330 e. The molecule has 0 aliphatic rings. The van der Waals surface area contributed by atoms with Crippen LogP contribution in [0.15, 0.2) is 0 Å². The summed E-state index contributed by atoms with van der Waals surface area (Å²) in [5.74, 6) is 0. The third-order valence-electron chi connectivity index (χ3n) is 0.592. The molecule has 4 heteroatoms. The van der Waals surface area contributed by atoms with Crippen molar-refractivity contribution in [1.29, 1.82) is 0 Å². The van der Waals surface area contributed by atoms with Gasteiger partial charge in [-0.2, -0.15) is 8.46 Å². The van der Waals surface area contributed by atoms with Gasteiger partial charge in [0.25, 0.3) is 0 Å². The summed E-state index contributed by atoms with van der Waals surface area (Å²) in [5.41, 5.74) is 5.27. The van der Waals surface area contributed by atoms with Gasteiger partial charge in [0.1, 0.15) is 0 Å². The molecule has 42 valence electrons. The Hall–Kier alpha value is 1.18. The normalized spacial score (nSPS) is 10.6. The minimum atomic E-state index is 0.870. The molecule has 0 aromatic heterocycles. The molecule has 0 aromatic carbocycles. The first kappa shape index (κ1) is 8.18. The molecule has 0 bridgehead atoms. The molecule has 0 aliphatic carbocycles. The predicted octanol–water partition coefficient (Wildman–Crippen LogP) is 0.368. The third kappa shape index (κ3) is 7.18. The Morgan fingerprint density at radius 1 is 1.71 bits per heavy atom. The zero-order chi connectivity index (χ0) is 5.54. The Kier molecular flexibility index (Phi) is 8.40. The second kappa shape index (κ2) is 7.18. The van der Waals surface area contributed by atoms with Crippen LogP contribution >= 0.6 is 31.1 Å². The van der Waals surface area contributed by atoms with E-state index in [0.717, 1.165) is 15.0 Å². The van der Waals surface area contributed by atoms with E-state index in [1.165, 1.54) is 17.5 Å². The van der Waals surface area contributed by atoms with Gasteiger partial charge >= 0.3 is 0 Å². The van der Waals surface area contributed by atoms with Gasteiger partial charge in [0.2, 0.25) is 0 Å². The molecule has 1 unspecified atom stereocenters. The fourth-order valence-electron chi connectivity index (χ4n) is 0.294. The number of hydrogen-bond donors (Lipinski definition) is 1.